The number of rotatable bonds is 7. The van der Waals surface area contributed by atoms with Crippen molar-refractivity contribution in [3.63, 3.8) is 0 Å². The van der Waals surface area contributed by atoms with E-state index in [-0.39, 0.29) is 28.3 Å². The van der Waals surface area contributed by atoms with Gasteiger partial charge in [0.2, 0.25) is 0 Å². The normalized spacial score (nSPS) is 10.7. The number of esters is 1. The molecular weight excluding hydrogens is 456 g/mol. The minimum absolute atomic E-state index is 0.0518. The molecule has 11 heteroatoms. The van der Waals surface area contributed by atoms with Gasteiger partial charge in [0.1, 0.15) is 28.6 Å². The predicted molar refractivity (Wildman–Crippen MR) is 125 cm³/mol. The monoisotopic (exact) mass is 472 g/mol. The second kappa shape index (κ2) is 10.5. The molecule has 0 atom stereocenters. The van der Waals surface area contributed by atoms with E-state index in [1.165, 1.54) is 66.7 Å². The number of nitrogens with one attached hydrogen (secondary N) is 1. The van der Waals surface area contributed by atoms with Crippen LogP contribution in [0, 0.1) is 38.5 Å². The van der Waals surface area contributed by atoms with E-state index in [2.05, 4.69) is 5.32 Å². The van der Waals surface area contributed by atoms with Gasteiger partial charge in [-0.15, -0.1) is 0 Å². The van der Waals surface area contributed by atoms with Gasteiger partial charge < -0.3 is 10.1 Å². The van der Waals surface area contributed by atoms with Crippen molar-refractivity contribution in [1.29, 1.82) is 5.26 Å². The number of carbonyl (C=O) groups excluding carboxylic acids is 2. The van der Waals surface area contributed by atoms with Crippen LogP contribution in [0.1, 0.15) is 21.5 Å². The molecule has 0 aliphatic heterocycles. The summed E-state index contributed by atoms with van der Waals surface area (Å²) in [6, 6.07) is 17.0. The van der Waals surface area contributed by atoms with Crippen molar-refractivity contribution < 1.29 is 24.2 Å². The Kier molecular flexibility index (Phi) is 7.28. The summed E-state index contributed by atoms with van der Waals surface area (Å²) < 4.78 is 5.18. The Labute approximate surface area is 198 Å². The average Bonchev–Trinajstić information content (AvgIpc) is 2.84. The standard InChI is InChI=1S/C24H16N4O7/c1-15-6-11-20(22(12-15)28(33)34)26-23(29)17(14-25)13-16-7-9-18(10-8-16)35-24(30)19-4-2-3-5-21(19)27(31)32/h2-13H,1H3,(H,26,29)/b17-13+. The van der Waals surface area contributed by atoms with Gasteiger partial charge in [-0.1, -0.05) is 30.3 Å². The van der Waals surface area contributed by atoms with Crippen LogP contribution in [-0.2, 0) is 4.79 Å². The number of benzene rings is 3. The first-order valence-electron chi connectivity index (χ1n) is 9.93. The fourth-order valence-electron chi connectivity index (χ4n) is 3.00. The van der Waals surface area contributed by atoms with Crippen LogP contribution < -0.4 is 10.1 Å². The van der Waals surface area contributed by atoms with E-state index in [1.807, 2.05) is 0 Å². The molecule has 35 heavy (non-hydrogen) atoms. The molecule has 0 saturated heterocycles. The molecule has 11 nitrogen and oxygen atoms in total. The fraction of sp³-hybridized carbons (Fsp3) is 0.0417. The summed E-state index contributed by atoms with van der Waals surface area (Å²) in [7, 11) is 0. The Morgan fingerprint density at radius 3 is 2.26 bits per heavy atom. The lowest BCUT2D eigenvalue weighted by Crippen LogP contribution is -2.14. The molecule has 0 spiro atoms. The van der Waals surface area contributed by atoms with Crippen molar-refractivity contribution >= 4 is 35.0 Å². The van der Waals surface area contributed by atoms with Gasteiger partial charge in [-0.2, -0.15) is 5.26 Å². The smallest absolute Gasteiger partial charge is 0.350 e. The Morgan fingerprint density at radius 1 is 0.971 bits per heavy atom. The molecule has 0 unspecified atom stereocenters. The first-order valence-corrected chi connectivity index (χ1v) is 9.93. The van der Waals surface area contributed by atoms with Gasteiger partial charge in [0, 0.05) is 12.1 Å². The van der Waals surface area contributed by atoms with Gasteiger partial charge in [-0.05, 0) is 48.4 Å². The largest absolute Gasteiger partial charge is 0.423 e. The summed E-state index contributed by atoms with van der Waals surface area (Å²) in [5.74, 6) is -1.67. The Balaban J connectivity index is 1.76. The van der Waals surface area contributed by atoms with Crippen molar-refractivity contribution in [2.45, 2.75) is 6.92 Å². The highest BCUT2D eigenvalue weighted by Gasteiger charge is 2.21. The van der Waals surface area contributed by atoms with Crippen LogP contribution >= 0.6 is 0 Å². The molecule has 0 aliphatic carbocycles. The highest BCUT2D eigenvalue weighted by Crippen LogP contribution is 2.26. The number of nitriles is 1. The van der Waals surface area contributed by atoms with Crippen molar-refractivity contribution in [2.24, 2.45) is 0 Å². The number of hydrogen-bond donors (Lipinski definition) is 1. The zero-order chi connectivity index (χ0) is 25.5. The van der Waals surface area contributed by atoms with E-state index in [4.69, 9.17) is 4.74 Å². The van der Waals surface area contributed by atoms with E-state index in [0.717, 1.165) is 0 Å². The van der Waals surface area contributed by atoms with Crippen LogP contribution in [0.15, 0.2) is 72.3 Å². The lowest BCUT2D eigenvalue weighted by atomic mass is 10.1. The third-order valence-electron chi connectivity index (χ3n) is 4.69. The molecule has 3 rings (SSSR count). The van der Waals surface area contributed by atoms with Gasteiger partial charge in [0.15, 0.2) is 0 Å². The van der Waals surface area contributed by atoms with Crippen LogP contribution in [0.2, 0.25) is 0 Å². The van der Waals surface area contributed by atoms with Crippen LogP contribution in [0.5, 0.6) is 5.75 Å². The minimum Gasteiger partial charge on any atom is -0.423 e. The number of amides is 1. The lowest BCUT2D eigenvalue weighted by Gasteiger charge is -2.07. The summed E-state index contributed by atoms with van der Waals surface area (Å²) in [5, 5.41) is 34.1. The number of ether oxygens (including phenoxy) is 1. The second-order valence-electron chi connectivity index (χ2n) is 7.13. The molecule has 0 bridgehead atoms. The van der Waals surface area contributed by atoms with Crippen molar-refractivity contribution in [3.05, 3.63) is 109 Å². The van der Waals surface area contributed by atoms with Crippen LogP contribution in [0.3, 0.4) is 0 Å². The van der Waals surface area contributed by atoms with Crippen molar-refractivity contribution in [1.82, 2.24) is 0 Å². The van der Waals surface area contributed by atoms with Gasteiger partial charge in [-0.3, -0.25) is 25.0 Å². The Bertz CT molecular complexity index is 1410. The van der Waals surface area contributed by atoms with Gasteiger partial charge >= 0.3 is 5.97 Å². The minimum atomic E-state index is -0.919. The van der Waals surface area contributed by atoms with Crippen molar-refractivity contribution in [3.8, 4) is 11.8 Å². The molecule has 0 heterocycles. The third kappa shape index (κ3) is 5.91. The van der Waals surface area contributed by atoms with E-state index >= 15 is 0 Å². The molecule has 0 fully saturated rings. The van der Waals surface area contributed by atoms with Crippen LogP contribution in [0.25, 0.3) is 6.08 Å². The lowest BCUT2D eigenvalue weighted by molar-refractivity contribution is -0.385. The van der Waals surface area contributed by atoms with Crippen molar-refractivity contribution in [2.75, 3.05) is 5.32 Å². The molecule has 0 radical (unpaired) electrons. The third-order valence-corrected chi connectivity index (χ3v) is 4.69. The number of hydrogen-bond acceptors (Lipinski definition) is 8. The molecule has 0 aromatic heterocycles. The molecule has 0 saturated carbocycles. The number of nitro benzene ring substituents is 2. The molecule has 1 N–H and O–H groups in total. The number of aryl methyl sites for hydroxylation is 1. The SMILES string of the molecule is Cc1ccc(NC(=O)/C(C#N)=C/c2ccc(OC(=O)c3ccccc3[N+](=O)[O-])cc2)c([N+](=O)[O-])c1. The summed E-state index contributed by atoms with van der Waals surface area (Å²) in [6.45, 7) is 1.67. The number of anilines is 1. The first-order chi connectivity index (χ1) is 16.7. The molecular formula is C24H16N4O7. The predicted octanol–water partition coefficient (Wildman–Crippen LogP) is 4.58. The maximum atomic E-state index is 12.5. The number of carbonyl (C=O) groups is 2. The maximum Gasteiger partial charge on any atom is 0.350 e. The topological polar surface area (TPSA) is 165 Å². The quantitative estimate of drug-likeness (QED) is 0.130. The van der Waals surface area contributed by atoms with E-state index in [9.17, 15) is 35.1 Å². The molecule has 3 aromatic rings. The van der Waals surface area contributed by atoms with E-state index in [0.29, 0.717) is 11.1 Å². The van der Waals surface area contributed by atoms with Crippen LogP contribution in [-0.4, -0.2) is 21.7 Å². The van der Waals surface area contributed by atoms with E-state index < -0.39 is 27.4 Å². The number of nitrogens with zero attached hydrogens (tertiary/aromatic N) is 3. The second-order valence-corrected chi connectivity index (χ2v) is 7.13. The van der Waals surface area contributed by atoms with Gasteiger partial charge in [-0.25, -0.2) is 4.79 Å². The summed E-state index contributed by atoms with van der Waals surface area (Å²) >= 11 is 0. The van der Waals surface area contributed by atoms with Gasteiger partial charge in [0.05, 0.1) is 9.85 Å². The Hall–Kier alpha value is -5.37. The molecule has 0 aliphatic rings. The molecule has 174 valence electrons. The molecule has 1 amide bonds. The van der Waals surface area contributed by atoms with Gasteiger partial charge in [0.25, 0.3) is 17.3 Å². The highest BCUT2D eigenvalue weighted by molar-refractivity contribution is 6.10. The average molecular weight is 472 g/mol. The summed E-state index contributed by atoms with van der Waals surface area (Å²) in [4.78, 5) is 45.8. The number of para-hydroxylation sites is 1. The fourth-order valence-corrected chi connectivity index (χ4v) is 3.00. The summed E-state index contributed by atoms with van der Waals surface area (Å²) in [6.07, 6.45) is 1.25. The number of nitro groups is 2. The Morgan fingerprint density at radius 2 is 1.63 bits per heavy atom. The highest BCUT2D eigenvalue weighted by atomic mass is 16.6. The molecule has 3 aromatic carbocycles. The zero-order valence-corrected chi connectivity index (χ0v) is 18.1. The zero-order valence-electron chi connectivity index (χ0n) is 18.1. The van der Waals surface area contributed by atoms with E-state index in [1.54, 1.807) is 19.1 Å². The maximum absolute atomic E-state index is 12.5. The van der Waals surface area contributed by atoms with Crippen LogP contribution in [0.4, 0.5) is 17.1 Å². The summed E-state index contributed by atoms with van der Waals surface area (Å²) in [5.41, 5.74) is -0.242. The first kappa shape index (κ1) is 24.3.